The Balaban J connectivity index is 1.91. The average Bonchev–Trinajstić information content (AvgIpc) is 2.65. The van der Waals surface area contributed by atoms with Gasteiger partial charge in [-0.1, -0.05) is 11.6 Å². The first kappa shape index (κ1) is 21.7. The number of hydrogen-bond donors (Lipinski definition) is 2. The summed E-state index contributed by atoms with van der Waals surface area (Å²) < 4.78 is 11.5. The monoisotopic (exact) mass is 467 g/mol. The summed E-state index contributed by atoms with van der Waals surface area (Å²) in [5.74, 6) is 0.122. The molecule has 0 saturated heterocycles. The summed E-state index contributed by atoms with van der Waals surface area (Å²) in [5, 5.41) is 7.03. The van der Waals surface area contributed by atoms with Crippen molar-refractivity contribution in [1.82, 2.24) is 5.43 Å². The highest BCUT2D eigenvalue weighted by molar-refractivity contribution is 9.10. The Labute approximate surface area is 176 Å². The van der Waals surface area contributed by atoms with Crippen LogP contribution >= 0.6 is 27.5 Å². The van der Waals surface area contributed by atoms with E-state index < -0.39 is 11.8 Å². The smallest absolute Gasteiger partial charge is 0.249 e. The molecule has 0 atom stereocenters. The van der Waals surface area contributed by atoms with Gasteiger partial charge in [-0.3, -0.25) is 9.59 Å². The van der Waals surface area contributed by atoms with E-state index in [1.165, 1.54) is 13.3 Å². The summed E-state index contributed by atoms with van der Waals surface area (Å²) >= 11 is 9.20. The Kier molecular flexibility index (Phi) is 8.28. The van der Waals surface area contributed by atoms with Crippen LogP contribution in [0.1, 0.15) is 18.9 Å². The maximum absolute atomic E-state index is 11.9. The molecule has 2 aromatic carbocycles. The molecule has 0 bridgehead atoms. The topological polar surface area (TPSA) is 89.0 Å². The lowest BCUT2D eigenvalue weighted by Crippen LogP contribution is -2.24. The Hall–Kier alpha value is -2.58. The maximum Gasteiger partial charge on any atom is 0.249 e. The van der Waals surface area contributed by atoms with Crippen molar-refractivity contribution in [3.05, 3.63) is 51.5 Å². The van der Waals surface area contributed by atoms with Crippen molar-refractivity contribution in [3.8, 4) is 11.5 Å². The van der Waals surface area contributed by atoms with E-state index in [0.717, 1.165) is 0 Å². The number of benzene rings is 2. The van der Waals surface area contributed by atoms with Gasteiger partial charge in [-0.15, -0.1) is 0 Å². The number of nitrogens with zero attached hydrogens (tertiary/aromatic N) is 1. The molecule has 2 aromatic rings. The van der Waals surface area contributed by atoms with E-state index >= 15 is 0 Å². The quantitative estimate of drug-likeness (QED) is 0.348. The number of carbonyl (C=O) groups excluding carboxylic acids is 2. The number of amides is 2. The number of halogens is 2. The first-order valence-electron chi connectivity index (χ1n) is 8.30. The predicted molar refractivity (Wildman–Crippen MR) is 112 cm³/mol. The van der Waals surface area contributed by atoms with Gasteiger partial charge in [0.2, 0.25) is 11.8 Å². The predicted octanol–water partition coefficient (Wildman–Crippen LogP) is 3.99. The van der Waals surface area contributed by atoms with Gasteiger partial charge in [0.15, 0.2) is 11.5 Å². The van der Waals surface area contributed by atoms with E-state index in [0.29, 0.717) is 38.9 Å². The van der Waals surface area contributed by atoms with Crippen molar-refractivity contribution in [2.75, 3.05) is 19.0 Å². The number of methoxy groups -OCH3 is 1. The molecule has 0 aliphatic rings. The van der Waals surface area contributed by atoms with Crippen LogP contribution in [0.15, 0.2) is 46.0 Å². The second-order valence-electron chi connectivity index (χ2n) is 5.49. The summed E-state index contributed by atoms with van der Waals surface area (Å²) in [6.07, 6.45) is 1.08. The van der Waals surface area contributed by atoms with Gasteiger partial charge < -0.3 is 14.8 Å². The lowest BCUT2D eigenvalue weighted by Gasteiger charge is -2.11. The number of ether oxygens (including phenoxy) is 2. The van der Waals surface area contributed by atoms with Gasteiger partial charge in [0.05, 0.1) is 24.4 Å². The first-order chi connectivity index (χ1) is 13.4. The normalized spacial score (nSPS) is 10.6. The van der Waals surface area contributed by atoms with E-state index in [-0.39, 0.29) is 6.42 Å². The van der Waals surface area contributed by atoms with E-state index in [1.54, 1.807) is 36.4 Å². The highest BCUT2D eigenvalue weighted by atomic mass is 79.9. The number of hydrogen-bond acceptors (Lipinski definition) is 5. The third kappa shape index (κ3) is 6.54. The Morgan fingerprint density at radius 1 is 1.21 bits per heavy atom. The molecular formula is C19H19BrClN3O4. The minimum Gasteiger partial charge on any atom is -0.493 e. The van der Waals surface area contributed by atoms with Crippen LogP contribution in [0, 0.1) is 0 Å². The highest BCUT2D eigenvalue weighted by Crippen LogP contribution is 2.36. The Morgan fingerprint density at radius 2 is 1.93 bits per heavy atom. The van der Waals surface area contributed by atoms with Crippen LogP contribution in [0.3, 0.4) is 0 Å². The molecule has 0 aromatic heterocycles. The van der Waals surface area contributed by atoms with Crippen LogP contribution in [0.4, 0.5) is 5.69 Å². The Bertz CT molecular complexity index is 872. The molecule has 2 N–H and O–H groups in total. The summed E-state index contributed by atoms with van der Waals surface area (Å²) in [5.41, 5.74) is 3.55. The molecule has 0 unspecified atom stereocenters. The van der Waals surface area contributed by atoms with Gasteiger partial charge in [0, 0.05) is 10.7 Å². The lowest BCUT2D eigenvalue weighted by atomic mass is 10.2. The van der Waals surface area contributed by atoms with Crippen LogP contribution in [0.2, 0.25) is 5.02 Å². The average molecular weight is 469 g/mol. The SMILES string of the molecule is CCOc1c(Br)cc(C=NNC(=O)CC(=O)Nc2ccc(Cl)cc2)cc1OC. The minimum atomic E-state index is -0.542. The molecule has 7 nitrogen and oxygen atoms in total. The van der Waals surface area contributed by atoms with Gasteiger partial charge >= 0.3 is 0 Å². The van der Waals surface area contributed by atoms with Crippen LogP contribution in [0.25, 0.3) is 0 Å². The van der Waals surface area contributed by atoms with Crippen LogP contribution < -0.4 is 20.2 Å². The van der Waals surface area contributed by atoms with Crippen LogP contribution in [-0.2, 0) is 9.59 Å². The lowest BCUT2D eigenvalue weighted by molar-refractivity contribution is -0.126. The zero-order chi connectivity index (χ0) is 20.5. The molecule has 0 radical (unpaired) electrons. The van der Waals surface area contributed by atoms with Crippen molar-refractivity contribution in [3.63, 3.8) is 0 Å². The molecule has 9 heteroatoms. The molecule has 2 rings (SSSR count). The number of anilines is 1. The molecule has 28 heavy (non-hydrogen) atoms. The molecule has 0 heterocycles. The molecule has 0 aliphatic carbocycles. The third-order valence-corrected chi connectivity index (χ3v) is 4.23. The zero-order valence-corrected chi connectivity index (χ0v) is 17.6. The molecule has 148 valence electrons. The maximum atomic E-state index is 11.9. The number of rotatable bonds is 8. The van der Waals surface area contributed by atoms with Crippen molar-refractivity contribution >= 4 is 51.2 Å². The molecule has 2 amide bonds. The molecule has 0 saturated carbocycles. The van der Waals surface area contributed by atoms with Crippen molar-refractivity contribution in [1.29, 1.82) is 0 Å². The van der Waals surface area contributed by atoms with Crippen LogP contribution in [0.5, 0.6) is 11.5 Å². The fraction of sp³-hybridized carbons (Fsp3) is 0.211. The summed E-state index contributed by atoms with van der Waals surface area (Å²) in [4.78, 5) is 23.7. The van der Waals surface area contributed by atoms with Gasteiger partial charge in [-0.2, -0.15) is 5.10 Å². The standard InChI is InChI=1S/C19H19BrClN3O4/c1-3-28-19-15(20)8-12(9-16(19)27-2)11-22-24-18(26)10-17(25)23-14-6-4-13(21)5-7-14/h4-9,11H,3,10H2,1-2H3,(H,23,25)(H,24,26). The number of carbonyl (C=O) groups is 2. The van der Waals surface area contributed by atoms with Crippen molar-refractivity contribution < 1.29 is 19.1 Å². The third-order valence-electron chi connectivity index (χ3n) is 3.39. The van der Waals surface area contributed by atoms with E-state index in [4.69, 9.17) is 21.1 Å². The molecule has 0 fully saturated rings. The highest BCUT2D eigenvalue weighted by Gasteiger charge is 2.11. The van der Waals surface area contributed by atoms with Crippen LogP contribution in [-0.4, -0.2) is 31.7 Å². The van der Waals surface area contributed by atoms with E-state index in [9.17, 15) is 9.59 Å². The first-order valence-corrected chi connectivity index (χ1v) is 9.47. The Morgan fingerprint density at radius 3 is 2.57 bits per heavy atom. The number of nitrogens with one attached hydrogen (secondary N) is 2. The second-order valence-corrected chi connectivity index (χ2v) is 6.78. The van der Waals surface area contributed by atoms with Gasteiger partial charge in [-0.05, 0) is 64.8 Å². The molecular weight excluding hydrogens is 450 g/mol. The zero-order valence-electron chi connectivity index (χ0n) is 15.3. The fourth-order valence-corrected chi connectivity index (χ4v) is 2.90. The summed E-state index contributed by atoms with van der Waals surface area (Å²) in [7, 11) is 1.53. The second kappa shape index (κ2) is 10.7. The largest absolute Gasteiger partial charge is 0.493 e. The minimum absolute atomic E-state index is 0.365. The van der Waals surface area contributed by atoms with E-state index in [2.05, 4.69) is 31.8 Å². The summed E-state index contributed by atoms with van der Waals surface area (Å²) in [6, 6.07) is 10.1. The van der Waals surface area contributed by atoms with Crippen molar-refractivity contribution in [2.24, 2.45) is 5.10 Å². The van der Waals surface area contributed by atoms with E-state index in [1.807, 2.05) is 6.92 Å². The van der Waals surface area contributed by atoms with Crippen molar-refractivity contribution in [2.45, 2.75) is 13.3 Å². The van der Waals surface area contributed by atoms with Gasteiger partial charge in [0.25, 0.3) is 0 Å². The molecule has 0 aliphatic heterocycles. The molecule has 0 spiro atoms. The van der Waals surface area contributed by atoms with Gasteiger partial charge in [0.1, 0.15) is 6.42 Å². The summed E-state index contributed by atoms with van der Waals surface area (Å²) in [6.45, 7) is 2.37. The number of hydrazone groups is 1. The van der Waals surface area contributed by atoms with Gasteiger partial charge in [-0.25, -0.2) is 5.43 Å². The fourth-order valence-electron chi connectivity index (χ4n) is 2.20.